The summed E-state index contributed by atoms with van der Waals surface area (Å²) in [5, 5.41) is 5.26. The summed E-state index contributed by atoms with van der Waals surface area (Å²) in [6, 6.07) is 11.3. The van der Waals surface area contributed by atoms with Crippen LogP contribution in [0.4, 0.5) is 0 Å². The lowest BCUT2D eigenvalue weighted by Crippen LogP contribution is -2.17. The number of aromatic amines is 1. The molecule has 0 saturated carbocycles. The second kappa shape index (κ2) is 9.03. The van der Waals surface area contributed by atoms with Gasteiger partial charge in [-0.25, -0.2) is 5.43 Å². The van der Waals surface area contributed by atoms with Crippen LogP contribution in [0.1, 0.15) is 53.4 Å². The zero-order valence-corrected chi connectivity index (χ0v) is 17.5. The third-order valence-electron chi connectivity index (χ3n) is 5.39. The van der Waals surface area contributed by atoms with Crippen molar-refractivity contribution in [3.05, 3.63) is 58.8 Å². The largest absolute Gasteiger partial charge is 0.493 e. The Labute approximate surface area is 176 Å². The average Bonchev–Trinajstić information content (AvgIpc) is 3.15. The summed E-state index contributed by atoms with van der Waals surface area (Å²) in [7, 11) is 1.60. The topological polar surface area (TPSA) is 75.7 Å². The number of hydrogen-bond acceptors (Lipinski definition) is 4. The van der Waals surface area contributed by atoms with E-state index in [0.29, 0.717) is 23.7 Å². The van der Waals surface area contributed by atoms with Crippen LogP contribution in [-0.4, -0.2) is 30.8 Å². The molecule has 0 atom stereocenters. The maximum absolute atomic E-state index is 12.6. The van der Waals surface area contributed by atoms with Gasteiger partial charge in [-0.1, -0.05) is 6.92 Å². The molecule has 0 unspecified atom stereocenters. The molecule has 1 aliphatic carbocycles. The average molecular weight is 405 g/mol. The Kier molecular flexibility index (Phi) is 6.02. The van der Waals surface area contributed by atoms with Crippen molar-refractivity contribution in [2.45, 2.75) is 39.0 Å². The Morgan fingerprint density at radius 2 is 2.03 bits per heavy atom. The minimum Gasteiger partial charge on any atom is -0.493 e. The second-order valence-electron chi connectivity index (χ2n) is 7.51. The Morgan fingerprint density at radius 3 is 2.87 bits per heavy atom. The fraction of sp³-hybridized carbons (Fsp3) is 0.333. The quantitative estimate of drug-likeness (QED) is 0.445. The Morgan fingerprint density at radius 1 is 1.17 bits per heavy atom. The highest BCUT2D eigenvalue weighted by Gasteiger charge is 2.16. The number of aromatic nitrogens is 1. The van der Waals surface area contributed by atoms with Crippen LogP contribution in [0.15, 0.2) is 41.5 Å². The van der Waals surface area contributed by atoms with Gasteiger partial charge in [-0.15, -0.1) is 0 Å². The van der Waals surface area contributed by atoms with Gasteiger partial charge in [0.05, 0.1) is 19.9 Å². The molecular formula is C24H27N3O3. The van der Waals surface area contributed by atoms with Crippen LogP contribution in [0.25, 0.3) is 10.9 Å². The van der Waals surface area contributed by atoms with Crippen molar-refractivity contribution >= 4 is 23.0 Å². The molecule has 30 heavy (non-hydrogen) atoms. The van der Waals surface area contributed by atoms with Gasteiger partial charge in [-0.05, 0) is 79.6 Å². The number of nitrogens with one attached hydrogen (secondary N) is 2. The van der Waals surface area contributed by atoms with Crippen LogP contribution in [-0.2, 0) is 12.8 Å². The van der Waals surface area contributed by atoms with E-state index >= 15 is 0 Å². The lowest BCUT2D eigenvalue weighted by atomic mass is 9.95. The predicted octanol–water partition coefficient (Wildman–Crippen LogP) is 4.61. The molecule has 4 rings (SSSR count). The van der Waals surface area contributed by atoms with Crippen LogP contribution in [0.5, 0.6) is 11.5 Å². The van der Waals surface area contributed by atoms with Crippen molar-refractivity contribution in [2.24, 2.45) is 5.10 Å². The molecule has 0 spiro atoms. The SMILES string of the molecule is CCCOc1ccc(/C=N/NC(=O)c2ccc3[nH]c4c(c3c2)CCCC4)cc1OC. The van der Waals surface area contributed by atoms with Gasteiger partial charge in [0.2, 0.25) is 0 Å². The monoisotopic (exact) mass is 405 g/mol. The maximum atomic E-state index is 12.6. The van der Waals surface area contributed by atoms with Crippen molar-refractivity contribution in [3.63, 3.8) is 0 Å². The van der Waals surface area contributed by atoms with Gasteiger partial charge in [-0.2, -0.15) is 5.10 Å². The summed E-state index contributed by atoms with van der Waals surface area (Å²) >= 11 is 0. The Bertz CT molecular complexity index is 1080. The highest BCUT2D eigenvalue weighted by molar-refractivity contribution is 5.99. The lowest BCUT2D eigenvalue weighted by Gasteiger charge is -2.10. The zero-order valence-electron chi connectivity index (χ0n) is 17.5. The number of nitrogens with zero attached hydrogens (tertiary/aromatic N) is 1. The number of carbonyl (C=O) groups is 1. The highest BCUT2D eigenvalue weighted by Crippen LogP contribution is 2.30. The first-order chi connectivity index (χ1) is 14.7. The first kappa shape index (κ1) is 20.0. The predicted molar refractivity (Wildman–Crippen MR) is 119 cm³/mol. The van der Waals surface area contributed by atoms with Crippen molar-refractivity contribution in [2.75, 3.05) is 13.7 Å². The summed E-state index contributed by atoms with van der Waals surface area (Å²) in [6.07, 6.45) is 7.10. The first-order valence-corrected chi connectivity index (χ1v) is 10.5. The number of benzene rings is 2. The molecule has 0 bridgehead atoms. The van der Waals surface area contributed by atoms with Gasteiger partial charge in [-0.3, -0.25) is 4.79 Å². The minimum atomic E-state index is -0.228. The molecule has 2 N–H and O–H groups in total. The van der Waals surface area contributed by atoms with Crippen molar-refractivity contribution in [1.82, 2.24) is 10.4 Å². The molecule has 0 aliphatic heterocycles. The van der Waals surface area contributed by atoms with Crippen molar-refractivity contribution < 1.29 is 14.3 Å². The molecular weight excluding hydrogens is 378 g/mol. The third-order valence-corrected chi connectivity index (χ3v) is 5.39. The molecule has 1 amide bonds. The molecule has 1 aliphatic rings. The standard InChI is InChI=1S/C24H27N3O3/c1-3-12-30-22-11-8-16(13-23(22)29-2)15-25-27-24(28)17-9-10-21-19(14-17)18-6-4-5-7-20(18)26-21/h8-11,13-15,26H,3-7,12H2,1-2H3,(H,27,28)/b25-15+. The van der Waals surface area contributed by atoms with Crippen LogP contribution < -0.4 is 14.9 Å². The Hall–Kier alpha value is -3.28. The molecule has 2 aromatic carbocycles. The molecule has 1 heterocycles. The molecule has 1 aromatic heterocycles. The summed E-state index contributed by atoms with van der Waals surface area (Å²) in [4.78, 5) is 16.1. The van der Waals surface area contributed by atoms with E-state index in [-0.39, 0.29) is 5.91 Å². The smallest absolute Gasteiger partial charge is 0.271 e. The number of H-pyrrole nitrogens is 1. The fourth-order valence-electron chi connectivity index (χ4n) is 3.87. The van der Waals surface area contributed by atoms with Gasteiger partial charge < -0.3 is 14.5 Å². The zero-order chi connectivity index (χ0) is 20.9. The molecule has 0 radical (unpaired) electrons. The van der Waals surface area contributed by atoms with E-state index < -0.39 is 0 Å². The van der Waals surface area contributed by atoms with Crippen LogP contribution in [0, 0.1) is 0 Å². The van der Waals surface area contributed by atoms with E-state index in [1.807, 2.05) is 36.4 Å². The Balaban J connectivity index is 1.46. The fourth-order valence-corrected chi connectivity index (χ4v) is 3.87. The number of rotatable bonds is 7. The van der Waals surface area contributed by atoms with E-state index in [9.17, 15) is 4.79 Å². The van der Waals surface area contributed by atoms with Gasteiger partial charge in [0.15, 0.2) is 11.5 Å². The van der Waals surface area contributed by atoms with E-state index in [2.05, 4.69) is 22.4 Å². The van der Waals surface area contributed by atoms with E-state index in [1.165, 1.54) is 24.1 Å². The molecule has 6 heteroatoms. The third kappa shape index (κ3) is 4.17. The van der Waals surface area contributed by atoms with Crippen LogP contribution in [0.3, 0.4) is 0 Å². The summed E-state index contributed by atoms with van der Waals surface area (Å²) in [5.41, 5.74) is 7.80. The summed E-state index contributed by atoms with van der Waals surface area (Å²) < 4.78 is 11.0. The number of hydrazone groups is 1. The van der Waals surface area contributed by atoms with Gasteiger partial charge in [0, 0.05) is 22.2 Å². The van der Waals surface area contributed by atoms with Gasteiger partial charge in [0.1, 0.15) is 0 Å². The van der Waals surface area contributed by atoms with Gasteiger partial charge in [0.25, 0.3) is 5.91 Å². The highest BCUT2D eigenvalue weighted by atomic mass is 16.5. The minimum absolute atomic E-state index is 0.228. The molecule has 3 aromatic rings. The first-order valence-electron chi connectivity index (χ1n) is 10.5. The molecule has 0 fully saturated rings. The number of amides is 1. The van der Waals surface area contributed by atoms with Crippen molar-refractivity contribution in [1.29, 1.82) is 0 Å². The second-order valence-corrected chi connectivity index (χ2v) is 7.51. The van der Waals surface area contributed by atoms with Crippen LogP contribution in [0.2, 0.25) is 0 Å². The van der Waals surface area contributed by atoms with Crippen LogP contribution >= 0.6 is 0 Å². The number of carbonyl (C=O) groups excluding carboxylic acids is 1. The van der Waals surface area contributed by atoms with E-state index in [1.54, 1.807) is 13.3 Å². The molecule has 156 valence electrons. The normalized spacial score (nSPS) is 13.4. The van der Waals surface area contributed by atoms with E-state index in [4.69, 9.17) is 9.47 Å². The summed E-state index contributed by atoms with van der Waals surface area (Å²) in [6.45, 7) is 2.69. The van der Waals surface area contributed by atoms with Gasteiger partial charge >= 0.3 is 0 Å². The lowest BCUT2D eigenvalue weighted by molar-refractivity contribution is 0.0955. The number of methoxy groups -OCH3 is 1. The number of hydrogen-bond donors (Lipinski definition) is 2. The van der Waals surface area contributed by atoms with Crippen molar-refractivity contribution in [3.8, 4) is 11.5 Å². The van der Waals surface area contributed by atoms with E-state index in [0.717, 1.165) is 35.7 Å². The number of aryl methyl sites for hydroxylation is 2. The summed E-state index contributed by atoms with van der Waals surface area (Å²) in [5.74, 6) is 1.11. The number of ether oxygens (including phenoxy) is 2. The number of fused-ring (bicyclic) bond motifs is 3. The maximum Gasteiger partial charge on any atom is 0.271 e. The molecule has 6 nitrogen and oxygen atoms in total. The molecule has 0 saturated heterocycles.